The Kier molecular flexibility index (Phi) is 5.64. The number of aryl methyl sites for hydroxylation is 1. The molecule has 2 rings (SSSR count). The lowest BCUT2D eigenvalue weighted by Crippen LogP contribution is -2.46. The highest BCUT2D eigenvalue weighted by Gasteiger charge is 2.36. The Morgan fingerprint density at radius 3 is 2.42 bits per heavy atom. The molecule has 1 fully saturated rings. The van der Waals surface area contributed by atoms with Gasteiger partial charge >= 0.3 is 5.97 Å². The van der Waals surface area contributed by atoms with E-state index in [1.165, 1.54) is 11.8 Å². The van der Waals surface area contributed by atoms with E-state index in [9.17, 15) is 18.0 Å². The third kappa shape index (κ3) is 4.35. The summed E-state index contributed by atoms with van der Waals surface area (Å²) in [7, 11) is -3.08. The van der Waals surface area contributed by atoms with Crippen LogP contribution in [0.5, 0.6) is 0 Å². The Hall–Kier alpha value is -1.89. The molecule has 1 heterocycles. The predicted molar refractivity (Wildman–Crippen MR) is 90.5 cm³/mol. The average Bonchev–Trinajstić information content (AvgIpc) is 2.88. The molecular formula is C17H23NO5S. The summed E-state index contributed by atoms with van der Waals surface area (Å²) >= 11 is 0. The minimum absolute atomic E-state index is 0.0226. The summed E-state index contributed by atoms with van der Waals surface area (Å²) in [5.74, 6) is -0.851. The summed E-state index contributed by atoms with van der Waals surface area (Å²) in [5, 5.41) is 0. The van der Waals surface area contributed by atoms with Crippen LogP contribution < -0.4 is 0 Å². The van der Waals surface area contributed by atoms with Crippen molar-refractivity contribution in [2.75, 3.05) is 18.1 Å². The molecule has 0 aromatic heterocycles. The number of ether oxygens (including phenoxy) is 1. The minimum Gasteiger partial charge on any atom is -0.449 e. The molecule has 0 saturated carbocycles. The number of carbonyl (C=O) groups excluding carboxylic acids is 2. The first-order chi connectivity index (χ1) is 11.2. The number of sulfone groups is 1. The van der Waals surface area contributed by atoms with Crippen molar-refractivity contribution in [1.82, 2.24) is 4.90 Å². The lowest BCUT2D eigenvalue weighted by Gasteiger charge is -2.29. The van der Waals surface area contributed by atoms with Crippen LogP contribution >= 0.6 is 0 Å². The van der Waals surface area contributed by atoms with Crippen molar-refractivity contribution in [1.29, 1.82) is 0 Å². The number of rotatable bonds is 5. The third-order valence-electron chi connectivity index (χ3n) is 4.19. The maximum atomic E-state index is 12.5. The fraction of sp³-hybridized carbons (Fsp3) is 0.529. The fourth-order valence-electron chi connectivity index (χ4n) is 2.82. The van der Waals surface area contributed by atoms with Crippen LogP contribution in [-0.2, 0) is 19.4 Å². The maximum absolute atomic E-state index is 12.5. The van der Waals surface area contributed by atoms with Gasteiger partial charge in [-0.2, -0.15) is 0 Å². The first kappa shape index (κ1) is 18.4. The second-order valence-electron chi connectivity index (χ2n) is 6.09. The first-order valence-corrected chi connectivity index (χ1v) is 9.84. The highest BCUT2D eigenvalue weighted by Crippen LogP contribution is 2.19. The van der Waals surface area contributed by atoms with Gasteiger partial charge in [0.2, 0.25) is 0 Å². The molecule has 0 N–H and O–H groups in total. The molecule has 1 aliphatic heterocycles. The highest BCUT2D eigenvalue weighted by molar-refractivity contribution is 7.91. The van der Waals surface area contributed by atoms with Crippen LogP contribution in [-0.4, -0.2) is 55.4 Å². The zero-order valence-electron chi connectivity index (χ0n) is 14.2. The topological polar surface area (TPSA) is 80.8 Å². The van der Waals surface area contributed by atoms with Gasteiger partial charge in [-0.1, -0.05) is 17.7 Å². The molecule has 2 atom stereocenters. The van der Waals surface area contributed by atoms with Crippen molar-refractivity contribution in [3.8, 4) is 0 Å². The standard InChI is InChI=1S/C17H23NO5S/c1-4-18(15-9-10-24(21,22)11-15)16(19)13(3)23-17(20)14-7-5-12(2)6-8-14/h5-8,13,15H,4,9-11H2,1-3H3/t13-,15+/m1/s1. The molecule has 1 amide bonds. The van der Waals surface area contributed by atoms with E-state index in [1.807, 2.05) is 6.92 Å². The van der Waals surface area contributed by atoms with Crippen molar-refractivity contribution in [3.63, 3.8) is 0 Å². The van der Waals surface area contributed by atoms with Gasteiger partial charge in [-0.05, 0) is 39.3 Å². The number of benzene rings is 1. The van der Waals surface area contributed by atoms with E-state index in [1.54, 1.807) is 31.2 Å². The zero-order chi connectivity index (χ0) is 17.9. The molecule has 6 nitrogen and oxygen atoms in total. The Bertz CT molecular complexity index is 711. The largest absolute Gasteiger partial charge is 0.449 e. The monoisotopic (exact) mass is 353 g/mol. The number of nitrogens with zero attached hydrogens (tertiary/aromatic N) is 1. The number of esters is 1. The quantitative estimate of drug-likeness (QED) is 0.751. The molecule has 24 heavy (non-hydrogen) atoms. The number of carbonyl (C=O) groups is 2. The van der Waals surface area contributed by atoms with Crippen LogP contribution in [0.3, 0.4) is 0 Å². The van der Waals surface area contributed by atoms with Crippen molar-refractivity contribution in [3.05, 3.63) is 35.4 Å². The van der Waals surface area contributed by atoms with E-state index in [0.717, 1.165) is 5.56 Å². The fourth-order valence-corrected chi connectivity index (χ4v) is 4.55. The number of amides is 1. The van der Waals surface area contributed by atoms with E-state index in [0.29, 0.717) is 18.5 Å². The van der Waals surface area contributed by atoms with E-state index < -0.39 is 21.9 Å². The zero-order valence-corrected chi connectivity index (χ0v) is 15.0. The molecule has 1 aromatic carbocycles. The van der Waals surface area contributed by atoms with Crippen molar-refractivity contribution in [2.45, 2.75) is 39.3 Å². The molecule has 1 saturated heterocycles. The second kappa shape index (κ2) is 7.34. The van der Waals surface area contributed by atoms with Gasteiger partial charge in [0.15, 0.2) is 15.9 Å². The molecule has 0 aliphatic carbocycles. The van der Waals surface area contributed by atoms with E-state index in [2.05, 4.69) is 0 Å². The van der Waals surface area contributed by atoms with E-state index >= 15 is 0 Å². The molecule has 0 spiro atoms. The van der Waals surface area contributed by atoms with Crippen LogP contribution in [0.2, 0.25) is 0 Å². The molecule has 0 radical (unpaired) electrons. The molecule has 132 valence electrons. The van der Waals surface area contributed by atoms with Crippen molar-refractivity contribution < 1.29 is 22.7 Å². The van der Waals surface area contributed by atoms with Crippen LogP contribution in [0, 0.1) is 6.92 Å². The predicted octanol–water partition coefficient (Wildman–Crippen LogP) is 1.58. The molecule has 0 bridgehead atoms. The second-order valence-corrected chi connectivity index (χ2v) is 8.32. The smallest absolute Gasteiger partial charge is 0.338 e. The molecule has 1 aliphatic rings. The van der Waals surface area contributed by atoms with Gasteiger partial charge in [-0.3, -0.25) is 4.79 Å². The maximum Gasteiger partial charge on any atom is 0.338 e. The number of likely N-dealkylation sites (N-methyl/N-ethyl adjacent to an activating group) is 1. The molecule has 7 heteroatoms. The molecule has 0 unspecified atom stereocenters. The lowest BCUT2D eigenvalue weighted by atomic mass is 10.1. The summed E-state index contributed by atoms with van der Waals surface area (Å²) in [4.78, 5) is 26.2. The average molecular weight is 353 g/mol. The lowest BCUT2D eigenvalue weighted by molar-refractivity contribution is -0.141. The summed E-state index contributed by atoms with van der Waals surface area (Å²) in [6.45, 7) is 5.60. The summed E-state index contributed by atoms with van der Waals surface area (Å²) in [6, 6.07) is 6.55. The Morgan fingerprint density at radius 1 is 1.29 bits per heavy atom. The van der Waals surface area contributed by atoms with Gasteiger partial charge in [0.05, 0.1) is 17.1 Å². The van der Waals surface area contributed by atoms with Crippen molar-refractivity contribution in [2.24, 2.45) is 0 Å². The SMILES string of the molecule is CCN(C(=O)[C@@H](C)OC(=O)c1ccc(C)cc1)[C@H]1CCS(=O)(=O)C1. The minimum atomic E-state index is -3.08. The third-order valence-corrected chi connectivity index (χ3v) is 5.94. The van der Waals surface area contributed by atoms with Crippen LogP contribution in [0.15, 0.2) is 24.3 Å². The van der Waals surface area contributed by atoms with Crippen LogP contribution in [0.1, 0.15) is 36.2 Å². The first-order valence-electron chi connectivity index (χ1n) is 8.02. The van der Waals surface area contributed by atoms with Crippen LogP contribution in [0.4, 0.5) is 0 Å². The number of hydrogen-bond donors (Lipinski definition) is 0. The van der Waals surface area contributed by atoms with Crippen molar-refractivity contribution >= 4 is 21.7 Å². The normalized spacial score (nSPS) is 20.4. The van der Waals surface area contributed by atoms with Crippen LogP contribution in [0.25, 0.3) is 0 Å². The summed E-state index contributed by atoms with van der Waals surface area (Å²) in [6.07, 6.45) is -0.525. The van der Waals surface area contributed by atoms with Gasteiger partial charge in [-0.15, -0.1) is 0 Å². The van der Waals surface area contributed by atoms with E-state index in [4.69, 9.17) is 4.74 Å². The Balaban J connectivity index is 2.02. The van der Waals surface area contributed by atoms with Gasteiger partial charge in [0.25, 0.3) is 5.91 Å². The van der Waals surface area contributed by atoms with Gasteiger partial charge in [0, 0.05) is 12.6 Å². The summed E-state index contributed by atoms with van der Waals surface area (Å²) in [5.41, 5.74) is 1.40. The van der Waals surface area contributed by atoms with Gasteiger partial charge in [0.1, 0.15) is 0 Å². The Morgan fingerprint density at radius 2 is 1.92 bits per heavy atom. The van der Waals surface area contributed by atoms with Gasteiger partial charge < -0.3 is 9.64 Å². The number of hydrogen-bond acceptors (Lipinski definition) is 5. The molecular weight excluding hydrogens is 330 g/mol. The van der Waals surface area contributed by atoms with Gasteiger partial charge in [-0.25, -0.2) is 13.2 Å². The highest BCUT2D eigenvalue weighted by atomic mass is 32.2. The Labute approximate surface area is 142 Å². The molecule has 1 aromatic rings. The summed E-state index contributed by atoms with van der Waals surface area (Å²) < 4.78 is 28.5. The van der Waals surface area contributed by atoms with E-state index in [-0.39, 0.29) is 23.5 Å².